The number of amides is 2. The minimum absolute atomic E-state index is 0.136. The number of phenolic OH excluding ortho intramolecular Hbond substituents is 2. The second-order valence-electron chi connectivity index (χ2n) is 13.0. The molecule has 0 atom stereocenters. The molecule has 8 bridgehead atoms. The number of alkyl halides is 2. The highest BCUT2D eigenvalue weighted by molar-refractivity contribution is 6.27. The first kappa shape index (κ1) is 40.7. The van der Waals surface area contributed by atoms with Crippen LogP contribution in [-0.2, 0) is 57.8 Å². The molecule has 12 heteroatoms. The summed E-state index contributed by atoms with van der Waals surface area (Å²) in [5.74, 6) is 0.607. The van der Waals surface area contributed by atoms with Gasteiger partial charge >= 0.3 is 0 Å². The molecule has 54 heavy (non-hydrogen) atoms. The van der Waals surface area contributed by atoms with E-state index in [-0.39, 0.29) is 48.2 Å². The Balaban J connectivity index is 1.71. The van der Waals surface area contributed by atoms with Crippen LogP contribution in [0.15, 0.2) is 60.7 Å². The Morgan fingerprint density at radius 3 is 1.20 bits per heavy atom. The lowest BCUT2D eigenvalue weighted by Gasteiger charge is -2.22. The fourth-order valence-electron chi connectivity index (χ4n) is 6.62. The zero-order valence-corrected chi connectivity index (χ0v) is 32.3. The molecule has 4 aromatic rings. The number of hydrogen-bond acceptors (Lipinski definition) is 8. The number of carbonyl (C=O) groups excluding carboxylic acids is 2. The number of halogens is 2. The highest BCUT2D eigenvalue weighted by Gasteiger charge is 2.22. The van der Waals surface area contributed by atoms with Crippen molar-refractivity contribution < 1.29 is 38.7 Å². The van der Waals surface area contributed by atoms with E-state index in [9.17, 15) is 19.8 Å². The first-order chi connectivity index (χ1) is 26.2. The Hall–Kier alpha value is -4.48. The van der Waals surface area contributed by atoms with Gasteiger partial charge in [-0.1, -0.05) is 36.4 Å². The van der Waals surface area contributed by atoms with Crippen LogP contribution in [0.5, 0.6) is 23.0 Å². The van der Waals surface area contributed by atoms with E-state index in [2.05, 4.69) is 10.6 Å². The first-order valence-electron chi connectivity index (χ1n) is 18.2. The molecule has 4 aromatic carbocycles. The molecule has 0 aromatic heterocycles. The Kier molecular flexibility index (Phi) is 15.3. The van der Waals surface area contributed by atoms with E-state index < -0.39 is 0 Å². The molecule has 0 unspecified atom stereocenters. The Labute approximate surface area is 326 Å². The smallest absolute Gasteiger partial charge is 0.235 e. The number of benzene rings is 4. The third-order valence-corrected chi connectivity index (χ3v) is 9.60. The van der Waals surface area contributed by atoms with E-state index >= 15 is 0 Å². The van der Waals surface area contributed by atoms with Gasteiger partial charge in [0.15, 0.2) is 0 Å². The molecule has 288 valence electrons. The normalized spacial score (nSPS) is 12.2. The van der Waals surface area contributed by atoms with E-state index in [1.807, 2.05) is 74.5 Å². The molecule has 0 saturated heterocycles. The second kappa shape index (κ2) is 20.3. The predicted molar refractivity (Wildman–Crippen MR) is 209 cm³/mol. The summed E-state index contributed by atoms with van der Waals surface area (Å²) < 4.78 is 24.0. The molecule has 0 spiro atoms. The number of carbonyl (C=O) groups is 2. The van der Waals surface area contributed by atoms with Crippen LogP contribution in [0.25, 0.3) is 0 Å². The molecule has 0 radical (unpaired) electrons. The summed E-state index contributed by atoms with van der Waals surface area (Å²) in [5.41, 5.74) is 7.51. The zero-order valence-electron chi connectivity index (χ0n) is 30.8. The molecule has 0 heterocycles. The van der Waals surface area contributed by atoms with Crippen LogP contribution in [0.3, 0.4) is 0 Å². The van der Waals surface area contributed by atoms with Crippen molar-refractivity contribution in [2.75, 3.05) is 51.4 Å². The number of aromatic hydroxyl groups is 2. The third-order valence-electron chi connectivity index (χ3n) is 9.11. The van der Waals surface area contributed by atoms with Crippen molar-refractivity contribution in [3.8, 4) is 23.0 Å². The molecule has 10 nitrogen and oxygen atoms in total. The van der Waals surface area contributed by atoms with E-state index in [1.54, 1.807) is 0 Å². The van der Waals surface area contributed by atoms with Gasteiger partial charge in [0.25, 0.3) is 0 Å². The van der Waals surface area contributed by atoms with Crippen molar-refractivity contribution in [2.24, 2.45) is 0 Å². The van der Waals surface area contributed by atoms with Crippen LogP contribution < -0.4 is 20.1 Å². The maximum absolute atomic E-state index is 12.2. The number of phenols is 2. The summed E-state index contributed by atoms with van der Waals surface area (Å²) in [6, 6.07) is 19.3. The number of hydrogen-bond donors (Lipinski definition) is 4. The molecule has 5 rings (SSSR count). The van der Waals surface area contributed by atoms with E-state index in [0.29, 0.717) is 99.1 Å². The number of rotatable bonds is 16. The van der Waals surface area contributed by atoms with Crippen molar-refractivity contribution in [3.05, 3.63) is 116 Å². The molecule has 4 N–H and O–H groups in total. The summed E-state index contributed by atoms with van der Waals surface area (Å²) in [4.78, 5) is 24.3. The van der Waals surface area contributed by atoms with E-state index in [4.69, 9.17) is 42.1 Å². The summed E-state index contributed by atoms with van der Waals surface area (Å²) in [7, 11) is 0. The largest absolute Gasteiger partial charge is 0.507 e. The quantitative estimate of drug-likeness (QED) is 0.0676. The molecule has 0 aliphatic heterocycles. The molecular formula is C42H48Cl2N2O8. The number of para-hydroxylation sites is 2. The van der Waals surface area contributed by atoms with Crippen LogP contribution in [0, 0.1) is 0 Å². The van der Waals surface area contributed by atoms with E-state index in [1.165, 1.54) is 0 Å². The van der Waals surface area contributed by atoms with Crippen molar-refractivity contribution in [1.29, 1.82) is 0 Å². The fourth-order valence-corrected chi connectivity index (χ4v) is 6.81. The van der Waals surface area contributed by atoms with Gasteiger partial charge in [0.1, 0.15) is 48.0 Å². The van der Waals surface area contributed by atoms with Crippen molar-refractivity contribution in [2.45, 2.75) is 52.6 Å². The first-order valence-corrected chi connectivity index (χ1v) is 19.3. The molecule has 2 amide bonds. The number of fused-ring (bicyclic) bond motifs is 8. The van der Waals surface area contributed by atoms with Crippen LogP contribution in [0.1, 0.15) is 69.5 Å². The number of ether oxygens (including phenoxy) is 4. The lowest BCUT2D eigenvalue weighted by atomic mass is 9.89. The Morgan fingerprint density at radius 2 is 0.907 bits per heavy atom. The van der Waals surface area contributed by atoms with Gasteiger partial charge in [0.05, 0.1) is 13.2 Å². The van der Waals surface area contributed by atoms with Gasteiger partial charge in [-0.05, 0) is 93.7 Å². The van der Waals surface area contributed by atoms with E-state index in [0.717, 1.165) is 33.4 Å². The van der Waals surface area contributed by atoms with Gasteiger partial charge in [-0.15, -0.1) is 23.2 Å². The monoisotopic (exact) mass is 778 g/mol. The van der Waals surface area contributed by atoms with Gasteiger partial charge in [0, 0.05) is 52.0 Å². The van der Waals surface area contributed by atoms with Gasteiger partial charge in [0.2, 0.25) is 11.8 Å². The fraction of sp³-hybridized carbons (Fsp3) is 0.381. The molecular weight excluding hydrogens is 731 g/mol. The minimum Gasteiger partial charge on any atom is -0.507 e. The van der Waals surface area contributed by atoms with Crippen molar-refractivity contribution in [3.63, 3.8) is 0 Å². The van der Waals surface area contributed by atoms with Gasteiger partial charge in [-0.3, -0.25) is 9.59 Å². The maximum atomic E-state index is 12.2. The Bertz CT molecular complexity index is 1690. The standard InChI is InChI=1S/C42H48Cl2N2O8/c1-3-51-11-13-53-41-29-7-5-8-30(41)20-34-16-28(26-46-38(48)24-44)18-36(40(34)50)22-32-10-6-9-31(42(32)54-14-12-52-4-2)21-35-17-27(25-45-37(47)23-43)15-33(19-29)39(35)49/h5-10,15-18,49-50H,3-4,11-14,19-26H2,1-2H3,(H,45,47)(H,46,48). The summed E-state index contributed by atoms with van der Waals surface area (Å²) in [6.45, 7) is 6.74. The van der Waals surface area contributed by atoms with Crippen LogP contribution >= 0.6 is 23.2 Å². The molecule has 1 aliphatic rings. The highest BCUT2D eigenvalue weighted by atomic mass is 35.5. The topological polar surface area (TPSA) is 136 Å². The Morgan fingerprint density at radius 1 is 0.574 bits per heavy atom. The van der Waals surface area contributed by atoms with Crippen LogP contribution in [0.4, 0.5) is 0 Å². The minimum atomic E-state index is -0.297. The SMILES string of the molecule is CCOCCOc1c2cccc1Cc1cc(CNC(=O)CCl)cc(c1O)Cc1cccc(c1OCCOCC)Cc1cc(CNC(=O)CCl)cc(c1O)C2. The van der Waals surface area contributed by atoms with Gasteiger partial charge in [-0.25, -0.2) is 0 Å². The average Bonchev–Trinajstić information content (AvgIpc) is 3.17. The summed E-state index contributed by atoms with van der Waals surface area (Å²) in [5, 5.41) is 29.5. The summed E-state index contributed by atoms with van der Waals surface area (Å²) >= 11 is 11.6. The lowest BCUT2D eigenvalue weighted by Crippen LogP contribution is -2.23. The number of nitrogens with one attached hydrogen (secondary N) is 2. The zero-order chi connectivity index (χ0) is 38.5. The summed E-state index contributed by atoms with van der Waals surface area (Å²) in [6.07, 6.45) is 1.25. The highest BCUT2D eigenvalue weighted by Crippen LogP contribution is 2.39. The second-order valence-corrected chi connectivity index (χ2v) is 13.5. The van der Waals surface area contributed by atoms with Crippen molar-refractivity contribution >= 4 is 35.0 Å². The van der Waals surface area contributed by atoms with Crippen LogP contribution in [0.2, 0.25) is 0 Å². The van der Waals surface area contributed by atoms with Crippen molar-refractivity contribution in [1.82, 2.24) is 10.6 Å². The molecule has 1 aliphatic carbocycles. The van der Waals surface area contributed by atoms with Gasteiger partial charge in [-0.2, -0.15) is 0 Å². The third kappa shape index (κ3) is 10.8. The molecule has 0 saturated carbocycles. The average molecular weight is 780 g/mol. The molecule has 0 fully saturated rings. The van der Waals surface area contributed by atoms with Gasteiger partial charge < -0.3 is 39.8 Å². The van der Waals surface area contributed by atoms with Crippen LogP contribution in [-0.4, -0.2) is 73.4 Å². The maximum Gasteiger partial charge on any atom is 0.235 e. The predicted octanol–water partition coefficient (Wildman–Crippen LogP) is 6.32. The lowest BCUT2D eigenvalue weighted by molar-refractivity contribution is -0.119.